The fourth-order valence-corrected chi connectivity index (χ4v) is 3.44. The average Bonchev–Trinajstić information content (AvgIpc) is 3.38. The van der Waals surface area contributed by atoms with Gasteiger partial charge in [0.15, 0.2) is 6.33 Å². The van der Waals surface area contributed by atoms with E-state index in [2.05, 4.69) is 63.4 Å². The molecule has 6 nitrogen and oxygen atoms in total. The molecule has 1 aromatic heterocycles. The molecule has 1 aliphatic rings. The SMILES string of the molecule is CN1CN(c2cccc(Oc3cccc(-c4ncno4)c3)c2)c2ccccc21. The molecule has 138 valence electrons. The van der Waals surface area contributed by atoms with Crippen molar-refractivity contribution in [2.24, 2.45) is 0 Å². The quantitative estimate of drug-likeness (QED) is 0.500. The predicted molar refractivity (Wildman–Crippen MR) is 108 cm³/mol. The van der Waals surface area contributed by atoms with Crippen LogP contribution < -0.4 is 14.5 Å². The number of fused-ring (bicyclic) bond motifs is 1. The first-order valence-corrected chi connectivity index (χ1v) is 9.01. The van der Waals surface area contributed by atoms with E-state index in [1.807, 2.05) is 36.4 Å². The summed E-state index contributed by atoms with van der Waals surface area (Å²) in [4.78, 5) is 8.59. The molecule has 0 unspecified atom stereocenters. The number of benzene rings is 3. The summed E-state index contributed by atoms with van der Waals surface area (Å²) in [5.74, 6) is 1.95. The molecule has 1 aliphatic heterocycles. The Kier molecular flexibility index (Phi) is 3.94. The number of para-hydroxylation sites is 2. The molecule has 0 N–H and O–H groups in total. The van der Waals surface area contributed by atoms with Crippen LogP contribution in [0.15, 0.2) is 83.6 Å². The van der Waals surface area contributed by atoms with Crippen LogP contribution in [0.4, 0.5) is 17.1 Å². The molecule has 3 aromatic carbocycles. The number of anilines is 3. The van der Waals surface area contributed by atoms with Gasteiger partial charge in [0.05, 0.1) is 18.0 Å². The van der Waals surface area contributed by atoms with Crippen molar-refractivity contribution in [3.05, 3.63) is 79.1 Å². The number of rotatable bonds is 4. The summed E-state index contributed by atoms with van der Waals surface area (Å²) in [5, 5.41) is 3.66. The maximum Gasteiger partial charge on any atom is 0.257 e. The lowest BCUT2D eigenvalue weighted by molar-refractivity contribution is 0.429. The number of aromatic nitrogens is 2. The van der Waals surface area contributed by atoms with Crippen molar-refractivity contribution in [2.45, 2.75) is 0 Å². The van der Waals surface area contributed by atoms with Crippen LogP contribution in [0.1, 0.15) is 0 Å². The molecule has 0 bridgehead atoms. The molecule has 0 saturated carbocycles. The lowest BCUT2D eigenvalue weighted by Gasteiger charge is -2.20. The molecule has 6 heteroatoms. The van der Waals surface area contributed by atoms with Crippen molar-refractivity contribution >= 4 is 17.1 Å². The second kappa shape index (κ2) is 6.74. The van der Waals surface area contributed by atoms with E-state index in [4.69, 9.17) is 9.26 Å². The van der Waals surface area contributed by atoms with Crippen molar-refractivity contribution < 1.29 is 9.26 Å². The normalized spacial score (nSPS) is 12.9. The molecule has 0 aliphatic carbocycles. The highest BCUT2D eigenvalue weighted by Crippen LogP contribution is 2.40. The summed E-state index contributed by atoms with van der Waals surface area (Å²) < 4.78 is 11.2. The zero-order valence-corrected chi connectivity index (χ0v) is 15.3. The first-order valence-electron chi connectivity index (χ1n) is 9.01. The van der Waals surface area contributed by atoms with Crippen LogP contribution >= 0.6 is 0 Å². The molecular weight excluding hydrogens is 352 g/mol. The molecular formula is C22H18N4O2. The molecule has 0 atom stereocenters. The standard InChI is InChI=1S/C22H18N4O2/c1-25-15-26(21-11-3-2-10-20(21)25)17-7-5-9-19(13-17)27-18-8-4-6-16(12-18)22-23-14-24-28-22/h2-14H,15H2,1H3. The molecule has 0 spiro atoms. The van der Waals surface area contributed by atoms with Crippen LogP contribution in [0.25, 0.3) is 11.5 Å². The Balaban J connectivity index is 1.42. The lowest BCUT2D eigenvalue weighted by atomic mass is 10.2. The van der Waals surface area contributed by atoms with E-state index in [-0.39, 0.29) is 0 Å². The van der Waals surface area contributed by atoms with Gasteiger partial charge in [-0.1, -0.05) is 29.4 Å². The maximum absolute atomic E-state index is 6.10. The topological polar surface area (TPSA) is 54.6 Å². The lowest BCUT2D eigenvalue weighted by Crippen LogP contribution is -2.23. The van der Waals surface area contributed by atoms with Crippen LogP contribution in [0.3, 0.4) is 0 Å². The third kappa shape index (κ3) is 2.95. The minimum Gasteiger partial charge on any atom is -0.457 e. The summed E-state index contributed by atoms with van der Waals surface area (Å²) in [7, 11) is 2.10. The summed E-state index contributed by atoms with van der Waals surface area (Å²) in [6, 6.07) is 24.1. The minimum absolute atomic E-state index is 0.468. The predicted octanol–water partition coefficient (Wildman–Crippen LogP) is 5.07. The van der Waals surface area contributed by atoms with Crippen molar-refractivity contribution in [1.82, 2.24) is 10.1 Å². The smallest absolute Gasteiger partial charge is 0.257 e. The van der Waals surface area contributed by atoms with Crippen molar-refractivity contribution in [3.63, 3.8) is 0 Å². The van der Waals surface area contributed by atoms with Gasteiger partial charge < -0.3 is 19.1 Å². The second-order valence-electron chi connectivity index (χ2n) is 6.63. The third-order valence-electron chi connectivity index (χ3n) is 4.74. The Bertz CT molecular complexity index is 1110. The Hall–Kier alpha value is -3.80. The van der Waals surface area contributed by atoms with Gasteiger partial charge in [-0.2, -0.15) is 4.98 Å². The van der Waals surface area contributed by atoms with E-state index in [0.717, 1.165) is 23.7 Å². The molecule has 4 aromatic rings. The van der Waals surface area contributed by atoms with Gasteiger partial charge >= 0.3 is 0 Å². The third-order valence-corrected chi connectivity index (χ3v) is 4.74. The van der Waals surface area contributed by atoms with E-state index in [9.17, 15) is 0 Å². The molecule has 2 heterocycles. The highest BCUT2D eigenvalue weighted by atomic mass is 16.5. The first-order chi connectivity index (χ1) is 13.8. The van der Waals surface area contributed by atoms with E-state index < -0.39 is 0 Å². The van der Waals surface area contributed by atoms with Crippen LogP contribution in [0.5, 0.6) is 11.5 Å². The van der Waals surface area contributed by atoms with E-state index in [1.165, 1.54) is 17.7 Å². The van der Waals surface area contributed by atoms with Crippen molar-refractivity contribution in [2.75, 3.05) is 23.5 Å². The Labute approximate surface area is 162 Å². The highest BCUT2D eigenvalue weighted by molar-refractivity contribution is 5.82. The first kappa shape index (κ1) is 16.4. The van der Waals surface area contributed by atoms with Gasteiger partial charge in [-0.25, -0.2) is 0 Å². The number of ether oxygens (including phenoxy) is 1. The second-order valence-corrected chi connectivity index (χ2v) is 6.63. The summed E-state index contributed by atoms with van der Waals surface area (Å²) in [5.41, 5.74) is 4.32. The van der Waals surface area contributed by atoms with Gasteiger partial charge in [-0.05, 0) is 42.5 Å². The minimum atomic E-state index is 0.468. The van der Waals surface area contributed by atoms with Gasteiger partial charge in [-0.3, -0.25) is 0 Å². The zero-order valence-electron chi connectivity index (χ0n) is 15.3. The van der Waals surface area contributed by atoms with Gasteiger partial charge in [0.25, 0.3) is 5.89 Å². The highest BCUT2D eigenvalue weighted by Gasteiger charge is 2.24. The molecule has 0 fully saturated rings. The van der Waals surface area contributed by atoms with Crippen LogP contribution in [-0.2, 0) is 0 Å². The Morgan fingerprint density at radius 3 is 2.50 bits per heavy atom. The molecule has 5 rings (SSSR count). The van der Waals surface area contributed by atoms with E-state index >= 15 is 0 Å². The summed E-state index contributed by atoms with van der Waals surface area (Å²) in [6.45, 7) is 0.801. The number of nitrogens with zero attached hydrogens (tertiary/aromatic N) is 4. The maximum atomic E-state index is 6.10. The Morgan fingerprint density at radius 2 is 1.68 bits per heavy atom. The monoisotopic (exact) mass is 370 g/mol. The van der Waals surface area contributed by atoms with Crippen LogP contribution in [0.2, 0.25) is 0 Å². The van der Waals surface area contributed by atoms with Gasteiger partial charge in [0, 0.05) is 24.4 Å². The van der Waals surface area contributed by atoms with Crippen molar-refractivity contribution in [1.29, 1.82) is 0 Å². The van der Waals surface area contributed by atoms with E-state index in [1.54, 1.807) is 0 Å². The largest absolute Gasteiger partial charge is 0.457 e. The molecule has 0 amide bonds. The van der Waals surface area contributed by atoms with Crippen molar-refractivity contribution in [3.8, 4) is 23.0 Å². The van der Waals surface area contributed by atoms with Crippen LogP contribution in [-0.4, -0.2) is 23.9 Å². The molecule has 0 radical (unpaired) electrons. The summed E-state index contributed by atoms with van der Waals surface area (Å²) >= 11 is 0. The van der Waals surface area contributed by atoms with E-state index in [0.29, 0.717) is 11.6 Å². The average molecular weight is 370 g/mol. The van der Waals surface area contributed by atoms with Gasteiger partial charge in [-0.15, -0.1) is 0 Å². The fourth-order valence-electron chi connectivity index (χ4n) is 3.44. The summed E-state index contributed by atoms with van der Waals surface area (Å²) in [6.07, 6.45) is 1.39. The fraction of sp³-hybridized carbons (Fsp3) is 0.0909. The van der Waals surface area contributed by atoms with Gasteiger partial charge in [0.1, 0.15) is 11.5 Å². The van der Waals surface area contributed by atoms with Crippen LogP contribution in [0, 0.1) is 0 Å². The zero-order chi connectivity index (χ0) is 18.9. The van der Waals surface area contributed by atoms with Gasteiger partial charge in [0.2, 0.25) is 0 Å². The molecule has 28 heavy (non-hydrogen) atoms. The number of hydrogen-bond donors (Lipinski definition) is 0. The molecule has 0 saturated heterocycles. The number of hydrogen-bond acceptors (Lipinski definition) is 6. The Morgan fingerprint density at radius 1 is 0.893 bits per heavy atom.